The van der Waals surface area contributed by atoms with E-state index in [1.165, 1.54) is 32.1 Å². The Hall–Kier alpha value is -0.700. The highest BCUT2D eigenvalue weighted by atomic mass is 79.9. The van der Waals surface area contributed by atoms with Gasteiger partial charge in [0.25, 0.3) is 0 Å². The largest absolute Gasteiger partial charge is 0.495 e. The lowest BCUT2D eigenvalue weighted by molar-refractivity contribution is 0.341. The van der Waals surface area contributed by atoms with Gasteiger partial charge in [0, 0.05) is 10.5 Å². The molecule has 2 atom stereocenters. The van der Waals surface area contributed by atoms with Gasteiger partial charge in [-0.2, -0.15) is 0 Å². The zero-order chi connectivity index (χ0) is 14.5. The third kappa shape index (κ3) is 4.15. The summed E-state index contributed by atoms with van der Waals surface area (Å²) in [5.41, 5.74) is 1.11. The molecule has 1 aromatic rings. The summed E-state index contributed by atoms with van der Waals surface area (Å²) in [4.78, 5) is 0. The highest BCUT2D eigenvalue weighted by Crippen LogP contribution is 2.33. The molecule has 112 valence electrons. The molecule has 1 aromatic carbocycles. The molecule has 3 heteroatoms. The van der Waals surface area contributed by atoms with Gasteiger partial charge in [-0.05, 0) is 49.3 Å². The van der Waals surface area contributed by atoms with Crippen LogP contribution in [-0.4, -0.2) is 13.2 Å². The molecule has 2 rings (SSSR count). The van der Waals surface area contributed by atoms with Crippen molar-refractivity contribution in [3.05, 3.63) is 22.7 Å². The number of halogens is 1. The molecule has 0 amide bonds. The maximum atomic E-state index is 5.45. The SMILES string of the molecule is COc1ccc(Br)cc1NC1CCCC(C(C)C)CC1. The molecule has 0 saturated heterocycles. The van der Waals surface area contributed by atoms with Crippen LogP contribution in [0.5, 0.6) is 5.75 Å². The van der Waals surface area contributed by atoms with Crippen LogP contribution in [0.2, 0.25) is 0 Å². The molecule has 1 N–H and O–H groups in total. The molecule has 1 aliphatic carbocycles. The molecule has 0 aliphatic heterocycles. The van der Waals surface area contributed by atoms with Gasteiger partial charge in [-0.25, -0.2) is 0 Å². The van der Waals surface area contributed by atoms with Crippen LogP contribution in [0, 0.1) is 11.8 Å². The Bertz CT molecular complexity index is 433. The van der Waals surface area contributed by atoms with Crippen molar-refractivity contribution in [3.8, 4) is 5.75 Å². The van der Waals surface area contributed by atoms with E-state index in [0.717, 1.165) is 27.7 Å². The second kappa shape index (κ2) is 7.35. The molecule has 0 spiro atoms. The Morgan fingerprint density at radius 2 is 2.00 bits per heavy atom. The van der Waals surface area contributed by atoms with Crippen molar-refractivity contribution in [2.24, 2.45) is 11.8 Å². The molecule has 0 heterocycles. The first kappa shape index (κ1) is 15.7. The van der Waals surface area contributed by atoms with E-state index in [2.05, 4.69) is 41.2 Å². The Morgan fingerprint density at radius 1 is 1.20 bits per heavy atom. The summed E-state index contributed by atoms with van der Waals surface area (Å²) in [6, 6.07) is 6.72. The number of rotatable bonds is 4. The molecule has 2 unspecified atom stereocenters. The van der Waals surface area contributed by atoms with E-state index in [9.17, 15) is 0 Å². The molecule has 1 saturated carbocycles. The number of hydrogen-bond donors (Lipinski definition) is 1. The Morgan fingerprint density at radius 3 is 2.70 bits per heavy atom. The molecule has 2 nitrogen and oxygen atoms in total. The minimum atomic E-state index is 0.571. The normalized spacial score (nSPS) is 23.4. The van der Waals surface area contributed by atoms with Gasteiger partial charge in [-0.3, -0.25) is 0 Å². The zero-order valence-corrected chi connectivity index (χ0v) is 14.4. The van der Waals surface area contributed by atoms with E-state index in [0.29, 0.717) is 6.04 Å². The predicted octanol–water partition coefficient (Wildman–Crippen LogP) is 5.47. The minimum Gasteiger partial charge on any atom is -0.495 e. The number of methoxy groups -OCH3 is 1. The smallest absolute Gasteiger partial charge is 0.142 e. The van der Waals surface area contributed by atoms with E-state index >= 15 is 0 Å². The summed E-state index contributed by atoms with van der Waals surface area (Å²) in [5, 5.41) is 3.69. The molecule has 1 fully saturated rings. The van der Waals surface area contributed by atoms with E-state index < -0.39 is 0 Å². The van der Waals surface area contributed by atoms with Crippen LogP contribution in [0.15, 0.2) is 22.7 Å². The average molecular weight is 340 g/mol. The van der Waals surface area contributed by atoms with Crippen LogP contribution in [0.25, 0.3) is 0 Å². The van der Waals surface area contributed by atoms with Gasteiger partial charge in [0.1, 0.15) is 5.75 Å². The fourth-order valence-corrected chi connectivity index (χ4v) is 3.52. The van der Waals surface area contributed by atoms with Crippen molar-refractivity contribution in [2.75, 3.05) is 12.4 Å². The van der Waals surface area contributed by atoms with Gasteiger partial charge >= 0.3 is 0 Å². The number of anilines is 1. The summed E-state index contributed by atoms with van der Waals surface area (Å²) in [7, 11) is 1.73. The monoisotopic (exact) mass is 339 g/mol. The van der Waals surface area contributed by atoms with Crippen LogP contribution in [-0.2, 0) is 0 Å². The second-order valence-electron chi connectivity index (χ2n) is 6.20. The molecule has 0 radical (unpaired) electrons. The fraction of sp³-hybridized carbons (Fsp3) is 0.647. The quantitative estimate of drug-likeness (QED) is 0.734. The Kier molecular flexibility index (Phi) is 5.76. The van der Waals surface area contributed by atoms with Crippen molar-refractivity contribution < 1.29 is 4.74 Å². The lowest BCUT2D eigenvalue weighted by Gasteiger charge is -2.21. The van der Waals surface area contributed by atoms with Gasteiger partial charge in [-0.15, -0.1) is 0 Å². The maximum absolute atomic E-state index is 5.45. The van der Waals surface area contributed by atoms with E-state index in [1.807, 2.05) is 12.1 Å². The highest BCUT2D eigenvalue weighted by Gasteiger charge is 2.21. The summed E-state index contributed by atoms with van der Waals surface area (Å²) in [5.74, 6) is 2.64. The van der Waals surface area contributed by atoms with Crippen LogP contribution < -0.4 is 10.1 Å². The zero-order valence-electron chi connectivity index (χ0n) is 12.8. The van der Waals surface area contributed by atoms with Gasteiger partial charge in [0.15, 0.2) is 0 Å². The Balaban J connectivity index is 2.01. The van der Waals surface area contributed by atoms with Crippen LogP contribution >= 0.6 is 15.9 Å². The maximum Gasteiger partial charge on any atom is 0.142 e. The lowest BCUT2D eigenvalue weighted by atomic mass is 9.89. The predicted molar refractivity (Wildman–Crippen MR) is 89.5 cm³/mol. The first-order chi connectivity index (χ1) is 9.60. The second-order valence-corrected chi connectivity index (χ2v) is 7.11. The Labute approximate surface area is 131 Å². The van der Waals surface area contributed by atoms with Crippen molar-refractivity contribution in [2.45, 2.75) is 52.0 Å². The van der Waals surface area contributed by atoms with Crippen molar-refractivity contribution >= 4 is 21.6 Å². The van der Waals surface area contributed by atoms with Gasteiger partial charge in [0.05, 0.1) is 12.8 Å². The van der Waals surface area contributed by atoms with Gasteiger partial charge in [0.2, 0.25) is 0 Å². The third-order valence-electron chi connectivity index (χ3n) is 4.48. The van der Waals surface area contributed by atoms with E-state index in [-0.39, 0.29) is 0 Å². The molecule has 1 aliphatic rings. The molecular formula is C17H26BrNO. The summed E-state index contributed by atoms with van der Waals surface area (Å²) in [6.07, 6.45) is 6.57. The average Bonchev–Trinajstić information content (AvgIpc) is 2.65. The van der Waals surface area contributed by atoms with Crippen molar-refractivity contribution in [1.29, 1.82) is 0 Å². The van der Waals surface area contributed by atoms with Crippen molar-refractivity contribution in [1.82, 2.24) is 0 Å². The number of benzene rings is 1. The standard InChI is InChI=1S/C17H26BrNO/c1-12(2)13-5-4-6-15(9-7-13)19-16-11-14(18)8-10-17(16)20-3/h8,10-13,15,19H,4-7,9H2,1-3H3. The first-order valence-corrected chi connectivity index (χ1v) is 8.49. The van der Waals surface area contributed by atoms with Crippen LogP contribution in [0.4, 0.5) is 5.69 Å². The summed E-state index contributed by atoms with van der Waals surface area (Å²) < 4.78 is 6.54. The molecule has 0 aromatic heterocycles. The van der Waals surface area contributed by atoms with Gasteiger partial charge in [-0.1, -0.05) is 42.6 Å². The topological polar surface area (TPSA) is 21.3 Å². The molecular weight excluding hydrogens is 314 g/mol. The number of ether oxygens (including phenoxy) is 1. The third-order valence-corrected chi connectivity index (χ3v) is 4.97. The molecule has 0 bridgehead atoms. The van der Waals surface area contributed by atoms with Crippen LogP contribution in [0.3, 0.4) is 0 Å². The highest BCUT2D eigenvalue weighted by molar-refractivity contribution is 9.10. The summed E-state index contributed by atoms with van der Waals surface area (Å²) >= 11 is 3.54. The molecule has 20 heavy (non-hydrogen) atoms. The summed E-state index contributed by atoms with van der Waals surface area (Å²) in [6.45, 7) is 4.71. The van der Waals surface area contributed by atoms with Gasteiger partial charge < -0.3 is 10.1 Å². The van der Waals surface area contributed by atoms with Crippen molar-refractivity contribution in [3.63, 3.8) is 0 Å². The fourth-order valence-electron chi connectivity index (χ4n) is 3.15. The van der Waals surface area contributed by atoms with E-state index in [1.54, 1.807) is 7.11 Å². The minimum absolute atomic E-state index is 0.571. The number of hydrogen-bond acceptors (Lipinski definition) is 2. The van der Waals surface area contributed by atoms with Crippen LogP contribution in [0.1, 0.15) is 46.0 Å². The first-order valence-electron chi connectivity index (χ1n) is 7.70. The lowest BCUT2D eigenvalue weighted by Crippen LogP contribution is -2.19. The number of nitrogens with one attached hydrogen (secondary N) is 1. The van der Waals surface area contributed by atoms with E-state index in [4.69, 9.17) is 4.74 Å².